The number of nitrogens with zero attached hydrogens (tertiary/aromatic N) is 3. The maximum Gasteiger partial charge on any atom is 0.229 e. The highest BCUT2D eigenvalue weighted by atomic mass is 16.5. The third-order valence-corrected chi connectivity index (χ3v) is 4.34. The average Bonchev–Trinajstić information content (AvgIpc) is 2.79. The molecule has 2 heterocycles. The van der Waals surface area contributed by atoms with E-state index < -0.39 is 0 Å². The highest BCUT2D eigenvalue weighted by molar-refractivity contribution is 5.66. The van der Waals surface area contributed by atoms with E-state index in [1.807, 2.05) is 72.8 Å². The predicted molar refractivity (Wildman–Crippen MR) is 115 cm³/mol. The lowest BCUT2D eigenvalue weighted by Gasteiger charge is -2.12. The number of ether oxygens (including phenoxy) is 1. The van der Waals surface area contributed by atoms with Crippen molar-refractivity contribution in [3.63, 3.8) is 0 Å². The molecule has 144 valence electrons. The summed E-state index contributed by atoms with van der Waals surface area (Å²) < 4.78 is 5.30. The number of hydrogen-bond donors (Lipinski definition) is 2. The summed E-state index contributed by atoms with van der Waals surface area (Å²) in [5, 5.41) is 6.65. The molecule has 0 atom stereocenters. The van der Waals surface area contributed by atoms with Crippen molar-refractivity contribution in [2.45, 2.75) is 6.54 Å². The molecular formula is C23H21N5O. The van der Waals surface area contributed by atoms with Gasteiger partial charge in [0.2, 0.25) is 5.95 Å². The van der Waals surface area contributed by atoms with Gasteiger partial charge >= 0.3 is 0 Å². The van der Waals surface area contributed by atoms with E-state index in [4.69, 9.17) is 9.72 Å². The second-order valence-corrected chi connectivity index (χ2v) is 6.39. The van der Waals surface area contributed by atoms with Gasteiger partial charge in [-0.2, -0.15) is 4.98 Å². The van der Waals surface area contributed by atoms with E-state index in [0.717, 1.165) is 34.1 Å². The van der Waals surface area contributed by atoms with E-state index in [0.29, 0.717) is 12.5 Å². The SMILES string of the molecule is COc1cccc(Nc2nc(NCc3ccncc3)cc(-c3ccccc3)n2)c1. The van der Waals surface area contributed by atoms with Crippen LogP contribution in [0, 0.1) is 0 Å². The molecule has 0 spiro atoms. The highest BCUT2D eigenvalue weighted by Gasteiger charge is 2.08. The van der Waals surface area contributed by atoms with Gasteiger partial charge in [-0.25, -0.2) is 4.98 Å². The summed E-state index contributed by atoms with van der Waals surface area (Å²) in [6.45, 7) is 0.645. The van der Waals surface area contributed by atoms with Crippen molar-refractivity contribution < 1.29 is 4.74 Å². The van der Waals surface area contributed by atoms with Crippen molar-refractivity contribution in [3.8, 4) is 17.0 Å². The van der Waals surface area contributed by atoms with Crippen LogP contribution in [0.1, 0.15) is 5.56 Å². The Morgan fingerprint density at radius 3 is 2.48 bits per heavy atom. The van der Waals surface area contributed by atoms with E-state index >= 15 is 0 Å². The molecule has 0 amide bonds. The summed E-state index contributed by atoms with van der Waals surface area (Å²) in [5.41, 5.74) is 3.84. The third-order valence-electron chi connectivity index (χ3n) is 4.34. The summed E-state index contributed by atoms with van der Waals surface area (Å²) in [5.74, 6) is 2.02. The molecule has 6 nitrogen and oxygen atoms in total. The smallest absolute Gasteiger partial charge is 0.229 e. The lowest BCUT2D eigenvalue weighted by molar-refractivity contribution is 0.415. The molecule has 0 radical (unpaired) electrons. The maximum absolute atomic E-state index is 5.30. The fourth-order valence-electron chi connectivity index (χ4n) is 2.87. The number of nitrogens with one attached hydrogen (secondary N) is 2. The monoisotopic (exact) mass is 383 g/mol. The van der Waals surface area contributed by atoms with Gasteiger partial charge in [0.15, 0.2) is 0 Å². The largest absolute Gasteiger partial charge is 0.497 e. The van der Waals surface area contributed by atoms with Crippen molar-refractivity contribution in [2.24, 2.45) is 0 Å². The molecule has 2 aromatic heterocycles. The van der Waals surface area contributed by atoms with Gasteiger partial charge in [0.25, 0.3) is 0 Å². The van der Waals surface area contributed by atoms with Crippen LogP contribution >= 0.6 is 0 Å². The number of anilines is 3. The standard InChI is InChI=1S/C23H21N5O/c1-29-20-9-5-8-19(14-20)26-23-27-21(18-6-3-2-4-7-18)15-22(28-23)25-16-17-10-12-24-13-11-17/h2-15H,16H2,1H3,(H2,25,26,27,28). The Hall–Kier alpha value is -3.93. The third kappa shape index (κ3) is 4.87. The Morgan fingerprint density at radius 2 is 1.69 bits per heavy atom. The Balaban J connectivity index is 1.64. The minimum Gasteiger partial charge on any atom is -0.497 e. The normalized spacial score (nSPS) is 10.4. The maximum atomic E-state index is 5.30. The van der Waals surface area contributed by atoms with Crippen LogP contribution in [0.4, 0.5) is 17.5 Å². The van der Waals surface area contributed by atoms with Gasteiger partial charge in [-0.3, -0.25) is 4.98 Å². The number of pyridine rings is 1. The van der Waals surface area contributed by atoms with Gasteiger partial charge in [0, 0.05) is 42.3 Å². The number of benzene rings is 2. The average molecular weight is 383 g/mol. The van der Waals surface area contributed by atoms with Crippen LogP contribution in [-0.4, -0.2) is 22.1 Å². The topological polar surface area (TPSA) is 72.0 Å². The van der Waals surface area contributed by atoms with Gasteiger partial charge in [-0.1, -0.05) is 36.4 Å². The van der Waals surface area contributed by atoms with Gasteiger partial charge in [-0.05, 0) is 29.8 Å². The summed E-state index contributed by atoms with van der Waals surface area (Å²) in [6, 6.07) is 23.6. The fraction of sp³-hybridized carbons (Fsp3) is 0.0870. The van der Waals surface area contributed by atoms with Gasteiger partial charge < -0.3 is 15.4 Å². The molecule has 2 aromatic carbocycles. The molecule has 0 aliphatic heterocycles. The van der Waals surface area contributed by atoms with Crippen molar-refractivity contribution in [3.05, 3.63) is 90.8 Å². The number of hydrogen-bond acceptors (Lipinski definition) is 6. The molecule has 0 bridgehead atoms. The van der Waals surface area contributed by atoms with E-state index in [-0.39, 0.29) is 0 Å². The molecule has 0 saturated heterocycles. The lowest BCUT2D eigenvalue weighted by atomic mass is 10.1. The Bertz CT molecular complexity index is 1070. The van der Waals surface area contributed by atoms with Crippen molar-refractivity contribution in [1.82, 2.24) is 15.0 Å². The molecule has 0 aliphatic rings. The highest BCUT2D eigenvalue weighted by Crippen LogP contribution is 2.24. The summed E-state index contributed by atoms with van der Waals surface area (Å²) in [7, 11) is 1.65. The van der Waals surface area contributed by atoms with E-state index in [9.17, 15) is 0 Å². The summed E-state index contributed by atoms with van der Waals surface area (Å²) in [6.07, 6.45) is 3.56. The minimum atomic E-state index is 0.511. The van der Waals surface area contributed by atoms with Crippen LogP contribution < -0.4 is 15.4 Å². The van der Waals surface area contributed by atoms with E-state index in [1.165, 1.54) is 0 Å². The second-order valence-electron chi connectivity index (χ2n) is 6.39. The van der Waals surface area contributed by atoms with Crippen LogP contribution in [0.5, 0.6) is 5.75 Å². The molecular weight excluding hydrogens is 362 g/mol. The zero-order chi connectivity index (χ0) is 19.9. The first-order valence-corrected chi connectivity index (χ1v) is 9.28. The van der Waals surface area contributed by atoms with Crippen LogP contribution in [-0.2, 0) is 6.54 Å². The zero-order valence-electron chi connectivity index (χ0n) is 16.0. The lowest BCUT2D eigenvalue weighted by Crippen LogP contribution is -2.05. The van der Waals surface area contributed by atoms with E-state index in [2.05, 4.69) is 20.6 Å². The van der Waals surface area contributed by atoms with Gasteiger partial charge in [0.1, 0.15) is 11.6 Å². The molecule has 29 heavy (non-hydrogen) atoms. The van der Waals surface area contributed by atoms with Crippen LogP contribution in [0.2, 0.25) is 0 Å². The molecule has 4 aromatic rings. The molecule has 2 N–H and O–H groups in total. The molecule has 0 fully saturated rings. The Kier molecular flexibility index (Phi) is 5.62. The van der Waals surface area contributed by atoms with Crippen LogP contribution in [0.3, 0.4) is 0 Å². The molecule has 0 aliphatic carbocycles. The number of rotatable bonds is 7. The van der Waals surface area contributed by atoms with Crippen LogP contribution in [0.25, 0.3) is 11.3 Å². The first-order chi connectivity index (χ1) is 14.3. The number of aromatic nitrogens is 3. The Morgan fingerprint density at radius 1 is 0.862 bits per heavy atom. The van der Waals surface area contributed by atoms with Crippen molar-refractivity contribution in [1.29, 1.82) is 0 Å². The quantitative estimate of drug-likeness (QED) is 0.473. The zero-order valence-corrected chi connectivity index (χ0v) is 16.0. The minimum absolute atomic E-state index is 0.511. The first-order valence-electron chi connectivity index (χ1n) is 9.28. The first kappa shape index (κ1) is 18.4. The number of methoxy groups -OCH3 is 1. The summed E-state index contributed by atoms with van der Waals surface area (Å²) >= 11 is 0. The fourth-order valence-corrected chi connectivity index (χ4v) is 2.87. The Labute approximate surface area is 169 Å². The predicted octanol–water partition coefficient (Wildman–Crippen LogP) is 4.90. The van der Waals surface area contributed by atoms with Crippen molar-refractivity contribution in [2.75, 3.05) is 17.7 Å². The molecule has 0 saturated carbocycles. The van der Waals surface area contributed by atoms with Crippen LogP contribution in [0.15, 0.2) is 85.2 Å². The molecule has 4 rings (SSSR count). The summed E-state index contributed by atoms with van der Waals surface area (Å²) in [4.78, 5) is 13.4. The second kappa shape index (κ2) is 8.84. The van der Waals surface area contributed by atoms with E-state index in [1.54, 1.807) is 19.5 Å². The molecule has 0 unspecified atom stereocenters. The van der Waals surface area contributed by atoms with Gasteiger partial charge in [0.05, 0.1) is 12.8 Å². The van der Waals surface area contributed by atoms with Crippen molar-refractivity contribution >= 4 is 17.5 Å². The van der Waals surface area contributed by atoms with Gasteiger partial charge in [-0.15, -0.1) is 0 Å². The molecule has 6 heteroatoms.